The Morgan fingerprint density at radius 3 is 1.92 bits per heavy atom. The first-order valence-corrected chi connectivity index (χ1v) is 5.64. The van der Waals surface area contributed by atoms with Crippen molar-refractivity contribution < 1.29 is 39.4 Å². The minimum atomic E-state index is -1.06. The van der Waals surface area contributed by atoms with E-state index in [1.807, 2.05) is 0 Å². The standard InChI is InChI=1S/C4H6O3.C4H9.Zr/c1-3(5)2-4(6)7;1-3-4-2;/h2H2,1H3,(H,6,7);1,3-4H2,2H3;. The SMILES string of the molecule is CC(=O)CC(=O)O.CCC[CH2][Zr]. The molecule has 0 aliphatic rings. The molecular formula is C8H15O3Zr. The van der Waals surface area contributed by atoms with Gasteiger partial charge in [-0.3, -0.25) is 9.59 Å². The number of unbranched alkanes of at least 4 members (excludes halogenated alkanes) is 1. The Balaban J connectivity index is 0. The predicted octanol–water partition coefficient (Wildman–Crippen LogP) is 1.80. The molecule has 0 aromatic rings. The van der Waals surface area contributed by atoms with Crippen molar-refractivity contribution in [3.63, 3.8) is 0 Å². The monoisotopic (exact) mass is 249 g/mol. The van der Waals surface area contributed by atoms with Gasteiger partial charge in [-0.15, -0.1) is 0 Å². The summed E-state index contributed by atoms with van der Waals surface area (Å²) in [6, 6.07) is 0. The maximum atomic E-state index is 9.87. The average Bonchev–Trinajstić information content (AvgIpc) is 1.87. The first-order valence-electron chi connectivity index (χ1n) is 3.90. The average molecular weight is 250 g/mol. The van der Waals surface area contributed by atoms with Crippen molar-refractivity contribution >= 4 is 11.8 Å². The number of ketones is 1. The predicted molar refractivity (Wildman–Crippen MR) is 42.6 cm³/mol. The zero-order valence-electron chi connectivity index (χ0n) is 7.59. The minimum absolute atomic E-state index is 0.312. The van der Waals surface area contributed by atoms with Gasteiger partial charge in [0, 0.05) is 0 Å². The topological polar surface area (TPSA) is 54.4 Å². The summed E-state index contributed by atoms with van der Waals surface area (Å²) < 4.78 is 1.43. The maximum absolute atomic E-state index is 9.87. The molecule has 0 saturated heterocycles. The number of rotatable bonds is 4. The number of hydrogen-bond acceptors (Lipinski definition) is 2. The molecule has 0 fully saturated rings. The molecule has 69 valence electrons. The van der Waals surface area contributed by atoms with Gasteiger partial charge >= 0.3 is 54.6 Å². The number of hydrogen-bond donors (Lipinski definition) is 1. The molecule has 1 N–H and O–H groups in total. The Hall–Kier alpha value is 0.0231. The molecule has 0 saturated carbocycles. The molecule has 0 aromatic carbocycles. The van der Waals surface area contributed by atoms with Gasteiger partial charge in [-0.1, -0.05) is 0 Å². The third-order valence-electron chi connectivity index (χ3n) is 0.931. The van der Waals surface area contributed by atoms with Gasteiger partial charge in [0.05, 0.1) is 0 Å². The summed E-state index contributed by atoms with van der Waals surface area (Å²) in [4.78, 5) is 19.5. The van der Waals surface area contributed by atoms with E-state index >= 15 is 0 Å². The van der Waals surface area contributed by atoms with Gasteiger partial charge in [-0.25, -0.2) is 0 Å². The molecule has 0 unspecified atom stereocenters. The van der Waals surface area contributed by atoms with Crippen LogP contribution in [0.4, 0.5) is 0 Å². The van der Waals surface area contributed by atoms with E-state index < -0.39 is 5.97 Å². The molecule has 0 aliphatic heterocycles. The quantitative estimate of drug-likeness (QED) is 0.774. The number of carboxylic acid groups (broad SMARTS) is 1. The molecule has 0 radical (unpaired) electrons. The molecule has 0 bridgehead atoms. The van der Waals surface area contributed by atoms with E-state index in [2.05, 4.69) is 6.92 Å². The Bertz CT molecular complexity index is 120. The summed E-state index contributed by atoms with van der Waals surface area (Å²) in [6.45, 7) is 3.47. The number of carbonyl (C=O) groups is 2. The van der Waals surface area contributed by atoms with E-state index in [-0.39, 0.29) is 12.2 Å². The zero-order valence-corrected chi connectivity index (χ0v) is 10.1. The van der Waals surface area contributed by atoms with Crippen LogP contribution in [-0.4, -0.2) is 16.9 Å². The Labute approximate surface area is 88.4 Å². The van der Waals surface area contributed by atoms with Crippen molar-refractivity contribution in [1.29, 1.82) is 0 Å². The molecule has 0 atom stereocenters. The summed E-state index contributed by atoms with van der Waals surface area (Å²) in [5.41, 5.74) is 0. The molecule has 0 heterocycles. The number of carbonyl (C=O) groups excluding carboxylic acids is 1. The summed E-state index contributed by atoms with van der Waals surface area (Å²) in [6.07, 6.45) is 2.43. The third kappa shape index (κ3) is 22.5. The van der Waals surface area contributed by atoms with E-state index in [0.717, 1.165) is 0 Å². The Morgan fingerprint density at radius 2 is 1.92 bits per heavy atom. The van der Waals surface area contributed by atoms with Crippen molar-refractivity contribution in [1.82, 2.24) is 0 Å². The molecule has 4 heteroatoms. The molecule has 0 rings (SSSR count). The van der Waals surface area contributed by atoms with Crippen LogP contribution in [0.15, 0.2) is 0 Å². The van der Waals surface area contributed by atoms with E-state index in [0.29, 0.717) is 0 Å². The second-order valence-corrected chi connectivity index (χ2v) is 3.61. The molecule has 3 nitrogen and oxygen atoms in total. The van der Waals surface area contributed by atoms with E-state index in [1.165, 1.54) is 23.9 Å². The first kappa shape index (κ1) is 14.5. The number of aliphatic carboxylic acids is 1. The van der Waals surface area contributed by atoms with Gasteiger partial charge in [-0.2, -0.15) is 0 Å². The van der Waals surface area contributed by atoms with Crippen LogP contribution in [0.25, 0.3) is 0 Å². The molecule has 12 heavy (non-hydrogen) atoms. The van der Waals surface area contributed by atoms with Crippen molar-refractivity contribution in [2.45, 2.75) is 37.2 Å². The van der Waals surface area contributed by atoms with Gasteiger partial charge < -0.3 is 5.11 Å². The van der Waals surface area contributed by atoms with Crippen LogP contribution in [0, 0.1) is 0 Å². The normalized spacial score (nSPS) is 8.08. The Morgan fingerprint density at radius 1 is 1.42 bits per heavy atom. The van der Waals surface area contributed by atoms with Crippen LogP contribution < -0.4 is 0 Å². The fourth-order valence-corrected chi connectivity index (χ4v) is 1.26. The second kappa shape index (κ2) is 11.0. The number of Topliss-reactive ketones (excluding diaryl/α,β-unsaturated/α-hetero) is 1. The van der Waals surface area contributed by atoms with E-state index in [1.54, 1.807) is 24.7 Å². The van der Waals surface area contributed by atoms with E-state index in [4.69, 9.17) is 5.11 Å². The first-order chi connectivity index (χ1) is 5.54. The molecule has 0 aromatic heterocycles. The van der Waals surface area contributed by atoms with Crippen LogP contribution >= 0.6 is 0 Å². The van der Waals surface area contributed by atoms with Crippen molar-refractivity contribution in [2.24, 2.45) is 0 Å². The van der Waals surface area contributed by atoms with Crippen LogP contribution in [0.2, 0.25) is 4.13 Å². The summed E-state index contributed by atoms with van der Waals surface area (Å²) in [7, 11) is 0. The van der Waals surface area contributed by atoms with Gasteiger partial charge in [0.25, 0.3) is 0 Å². The van der Waals surface area contributed by atoms with Gasteiger partial charge in [0.2, 0.25) is 0 Å². The van der Waals surface area contributed by atoms with Crippen LogP contribution in [0.3, 0.4) is 0 Å². The summed E-state index contributed by atoms with van der Waals surface area (Å²) >= 11 is 1.68. The fraction of sp³-hybridized carbons (Fsp3) is 0.750. The van der Waals surface area contributed by atoms with E-state index in [9.17, 15) is 9.59 Å². The van der Waals surface area contributed by atoms with Crippen LogP contribution in [-0.2, 0) is 34.3 Å². The molecular weight excluding hydrogens is 235 g/mol. The molecule has 0 spiro atoms. The van der Waals surface area contributed by atoms with Gasteiger partial charge in [0.15, 0.2) is 0 Å². The van der Waals surface area contributed by atoms with Gasteiger partial charge in [0.1, 0.15) is 12.2 Å². The van der Waals surface area contributed by atoms with Crippen LogP contribution in [0.5, 0.6) is 0 Å². The summed E-state index contributed by atoms with van der Waals surface area (Å²) in [5.74, 6) is -1.37. The molecule has 0 aliphatic carbocycles. The third-order valence-corrected chi connectivity index (χ3v) is 1.80. The zero-order chi connectivity index (χ0) is 9.98. The number of carboxylic acids is 1. The van der Waals surface area contributed by atoms with Crippen molar-refractivity contribution in [3.05, 3.63) is 0 Å². The van der Waals surface area contributed by atoms with Crippen LogP contribution in [0.1, 0.15) is 33.1 Å². The Kier molecular flexibility index (Phi) is 13.4. The second-order valence-electron chi connectivity index (χ2n) is 2.38. The van der Waals surface area contributed by atoms with Crippen molar-refractivity contribution in [3.8, 4) is 0 Å². The van der Waals surface area contributed by atoms with Crippen molar-refractivity contribution in [2.75, 3.05) is 0 Å². The van der Waals surface area contributed by atoms with Gasteiger partial charge in [-0.05, 0) is 6.92 Å². The molecule has 0 amide bonds. The fourth-order valence-electron chi connectivity index (χ4n) is 0.390. The summed E-state index contributed by atoms with van der Waals surface area (Å²) in [5, 5.41) is 7.86.